The molecule has 2 aromatic rings. The van der Waals surface area contributed by atoms with Gasteiger partial charge in [0.25, 0.3) is 0 Å². The highest BCUT2D eigenvalue weighted by Gasteiger charge is 2.13. The fourth-order valence-corrected chi connectivity index (χ4v) is 3.07. The SMILES string of the molecule is COC(=O)c1ccc(-c2ccc(CNC3CCCCC3)o2)cc1.Cl. The van der Waals surface area contributed by atoms with E-state index in [1.807, 2.05) is 24.3 Å². The van der Waals surface area contributed by atoms with Crippen LogP contribution in [-0.4, -0.2) is 19.1 Å². The van der Waals surface area contributed by atoms with Crippen molar-refractivity contribution < 1.29 is 13.9 Å². The van der Waals surface area contributed by atoms with Crippen molar-refractivity contribution >= 4 is 18.4 Å². The second-order valence-electron chi connectivity index (χ2n) is 6.05. The normalized spacial score (nSPS) is 14.9. The lowest BCUT2D eigenvalue weighted by Gasteiger charge is -2.22. The zero-order valence-corrected chi connectivity index (χ0v) is 14.7. The maximum absolute atomic E-state index is 11.4. The van der Waals surface area contributed by atoms with E-state index in [0.717, 1.165) is 23.6 Å². The van der Waals surface area contributed by atoms with Crippen LogP contribution < -0.4 is 5.32 Å². The first-order valence-corrected chi connectivity index (χ1v) is 8.27. The topological polar surface area (TPSA) is 51.5 Å². The first-order valence-electron chi connectivity index (χ1n) is 8.27. The molecule has 1 saturated carbocycles. The number of hydrogen-bond acceptors (Lipinski definition) is 4. The van der Waals surface area contributed by atoms with Gasteiger partial charge in [0.15, 0.2) is 0 Å². The standard InChI is InChI=1S/C19H23NO3.ClH/c1-22-19(21)15-9-7-14(8-10-15)18-12-11-17(23-18)13-20-16-5-3-2-4-6-16;/h7-12,16,20H,2-6,13H2,1H3;1H. The number of hydrogen-bond donors (Lipinski definition) is 1. The van der Waals surface area contributed by atoms with E-state index < -0.39 is 0 Å². The Bertz CT molecular complexity index is 645. The first kappa shape index (κ1) is 18.6. The number of furan rings is 1. The lowest BCUT2D eigenvalue weighted by Crippen LogP contribution is -2.30. The van der Waals surface area contributed by atoms with E-state index in [1.54, 1.807) is 12.1 Å². The summed E-state index contributed by atoms with van der Waals surface area (Å²) in [6, 6.07) is 11.9. The van der Waals surface area contributed by atoms with Crippen LogP contribution in [0.4, 0.5) is 0 Å². The number of carbonyl (C=O) groups is 1. The number of rotatable bonds is 5. The molecule has 1 aromatic carbocycles. The Balaban J connectivity index is 0.00000208. The van der Waals surface area contributed by atoms with Crippen LogP contribution in [0.2, 0.25) is 0 Å². The van der Waals surface area contributed by atoms with E-state index in [2.05, 4.69) is 5.32 Å². The Morgan fingerprint density at radius 3 is 2.50 bits per heavy atom. The Morgan fingerprint density at radius 1 is 1.12 bits per heavy atom. The maximum Gasteiger partial charge on any atom is 0.337 e. The molecule has 3 rings (SSSR count). The number of esters is 1. The van der Waals surface area contributed by atoms with Gasteiger partial charge in [0.2, 0.25) is 0 Å². The molecule has 1 aliphatic carbocycles. The highest BCUT2D eigenvalue weighted by atomic mass is 35.5. The van der Waals surface area contributed by atoms with Gasteiger partial charge < -0.3 is 14.5 Å². The van der Waals surface area contributed by atoms with Crippen molar-refractivity contribution in [3.63, 3.8) is 0 Å². The van der Waals surface area contributed by atoms with Crippen molar-refractivity contribution in [2.24, 2.45) is 0 Å². The van der Waals surface area contributed by atoms with Gasteiger partial charge in [0.1, 0.15) is 11.5 Å². The number of carbonyl (C=O) groups excluding carboxylic acids is 1. The zero-order valence-electron chi connectivity index (χ0n) is 13.9. The number of benzene rings is 1. The summed E-state index contributed by atoms with van der Waals surface area (Å²) in [5.74, 6) is 1.44. The van der Waals surface area contributed by atoms with Crippen molar-refractivity contribution in [2.75, 3.05) is 7.11 Å². The van der Waals surface area contributed by atoms with E-state index in [1.165, 1.54) is 39.2 Å². The van der Waals surface area contributed by atoms with E-state index in [0.29, 0.717) is 11.6 Å². The Labute approximate surface area is 149 Å². The molecule has 1 aromatic heterocycles. The van der Waals surface area contributed by atoms with Gasteiger partial charge >= 0.3 is 5.97 Å². The summed E-state index contributed by atoms with van der Waals surface area (Å²) >= 11 is 0. The van der Waals surface area contributed by atoms with E-state index in [9.17, 15) is 4.79 Å². The van der Waals surface area contributed by atoms with Crippen LogP contribution in [0.15, 0.2) is 40.8 Å². The van der Waals surface area contributed by atoms with Crippen molar-refractivity contribution in [1.82, 2.24) is 5.32 Å². The number of halogens is 1. The molecule has 4 nitrogen and oxygen atoms in total. The van der Waals surface area contributed by atoms with Crippen LogP contribution in [0.3, 0.4) is 0 Å². The summed E-state index contributed by atoms with van der Waals surface area (Å²) in [5, 5.41) is 3.58. The zero-order chi connectivity index (χ0) is 16.1. The van der Waals surface area contributed by atoms with Gasteiger partial charge in [-0.1, -0.05) is 31.4 Å². The fourth-order valence-electron chi connectivity index (χ4n) is 3.07. The van der Waals surface area contributed by atoms with Crippen molar-refractivity contribution in [3.8, 4) is 11.3 Å². The lowest BCUT2D eigenvalue weighted by molar-refractivity contribution is 0.0600. The Morgan fingerprint density at radius 2 is 1.83 bits per heavy atom. The minimum atomic E-state index is -0.326. The molecule has 0 radical (unpaired) electrons. The summed E-state index contributed by atoms with van der Waals surface area (Å²) in [7, 11) is 1.38. The van der Waals surface area contributed by atoms with Gasteiger partial charge in [-0.3, -0.25) is 0 Å². The van der Waals surface area contributed by atoms with Gasteiger partial charge in [-0.05, 0) is 37.1 Å². The molecule has 130 valence electrons. The smallest absolute Gasteiger partial charge is 0.337 e. The molecule has 24 heavy (non-hydrogen) atoms. The molecule has 5 heteroatoms. The average molecular weight is 350 g/mol. The minimum Gasteiger partial charge on any atom is -0.465 e. The maximum atomic E-state index is 11.4. The third-order valence-corrected chi connectivity index (χ3v) is 4.42. The van der Waals surface area contributed by atoms with E-state index in [4.69, 9.17) is 9.15 Å². The van der Waals surface area contributed by atoms with Gasteiger partial charge in [-0.25, -0.2) is 4.79 Å². The van der Waals surface area contributed by atoms with Crippen LogP contribution in [0.5, 0.6) is 0 Å². The van der Waals surface area contributed by atoms with Crippen molar-refractivity contribution in [2.45, 2.75) is 44.7 Å². The Hall–Kier alpha value is -1.78. The minimum absolute atomic E-state index is 0. The van der Waals surface area contributed by atoms with Gasteiger partial charge in [-0.15, -0.1) is 12.4 Å². The molecule has 1 N–H and O–H groups in total. The van der Waals surface area contributed by atoms with Crippen molar-refractivity contribution in [3.05, 3.63) is 47.7 Å². The molecule has 0 aliphatic heterocycles. The van der Waals surface area contributed by atoms with Crippen LogP contribution in [0.25, 0.3) is 11.3 Å². The molecule has 0 spiro atoms. The molecule has 1 fully saturated rings. The monoisotopic (exact) mass is 349 g/mol. The Kier molecular flexibility index (Phi) is 6.88. The quantitative estimate of drug-likeness (QED) is 0.803. The number of ether oxygens (including phenoxy) is 1. The summed E-state index contributed by atoms with van der Waals surface area (Å²) in [6.07, 6.45) is 6.55. The van der Waals surface area contributed by atoms with Crippen molar-refractivity contribution in [1.29, 1.82) is 0 Å². The largest absolute Gasteiger partial charge is 0.465 e. The predicted molar refractivity (Wildman–Crippen MR) is 96.4 cm³/mol. The molecular weight excluding hydrogens is 326 g/mol. The second-order valence-corrected chi connectivity index (χ2v) is 6.05. The molecule has 0 saturated heterocycles. The second kappa shape index (κ2) is 8.90. The summed E-state index contributed by atoms with van der Waals surface area (Å²) in [5.41, 5.74) is 1.50. The third kappa shape index (κ3) is 4.62. The van der Waals surface area contributed by atoms with Crippen LogP contribution in [0.1, 0.15) is 48.2 Å². The van der Waals surface area contributed by atoms with Crippen LogP contribution in [0, 0.1) is 0 Å². The van der Waals surface area contributed by atoms with Crippen LogP contribution in [-0.2, 0) is 11.3 Å². The first-order chi connectivity index (χ1) is 11.3. The average Bonchev–Trinajstić information content (AvgIpc) is 3.09. The molecule has 0 atom stereocenters. The van der Waals surface area contributed by atoms with Gasteiger partial charge in [0.05, 0.1) is 19.2 Å². The highest BCUT2D eigenvalue weighted by Crippen LogP contribution is 2.23. The van der Waals surface area contributed by atoms with Gasteiger partial charge in [-0.2, -0.15) is 0 Å². The van der Waals surface area contributed by atoms with Crippen LogP contribution >= 0.6 is 12.4 Å². The molecule has 0 amide bonds. The highest BCUT2D eigenvalue weighted by molar-refractivity contribution is 5.89. The molecule has 0 unspecified atom stereocenters. The molecule has 1 aliphatic rings. The fraction of sp³-hybridized carbons (Fsp3) is 0.421. The third-order valence-electron chi connectivity index (χ3n) is 4.42. The lowest BCUT2D eigenvalue weighted by atomic mass is 9.95. The van der Waals surface area contributed by atoms with E-state index in [-0.39, 0.29) is 18.4 Å². The summed E-state index contributed by atoms with van der Waals surface area (Å²) in [4.78, 5) is 11.4. The molecule has 0 bridgehead atoms. The van der Waals surface area contributed by atoms with E-state index >= 15 is 0 Å². The number of nitrogens with one attached hydrogen (secondary N) is 1. The predicted octanol–water partition coefficient (Wildman–Crippen LogP) is 4.58. The summed E-state index contributed by atoms with van der Waals surface area (Å²) < 4.78 is 10.6. The summed E-state index contributed by atoms with van der Waals surface area (Å²) in [6.45, 7) is 0.769. The van der Waals surface area contributed by atoms with Gasteiger partial charge in [0, 0.05) is 11.6 Å². The number of methoxy groups -OCH3 is 1. The molecule has 1 heterocycles. The molecular formula is C19H24ClNO3.